The number of hydrogen-bond donors (Lipinski definition) is 1. The van der Waals surface area contributed by atoms with Crippen LogP contribution in [0.25, 0.3) is 0 Å². The minimum atomic E-state index is -0.0492. The van der Waals surface area contributed by atoms with E-state index in [9.17, 15) is 0 Å². The molecule has 0 spiro atoms. The zero-order valence-electron chi connectivity index (χ0n) is 11.0. The van der Waals surface area contributed by atoms with E-state index in [4.69, 9.17) is 15.2 Å². The molecule has 6 nitrogen and oxygen atoms in total. The summed E-state index contributed by atoms with van der Waals surface area (Å²) in [5, 5.41) is 0. The zero-order chi connectivity index (χ0) is 13.0. The predicted octanol–water partition coefficient (Wildman–Crippen LogP) is 0.976. The van der Waals surface area contributed by atoms with Crippen LogP contribution < -0.4 is 15.2 Å². The molecular formula is C11H20N4O2. The second kappa shape index (κ2) is 5.77. The van der Waals surface area contributed by atoms with Crippen LogP contribution in [0.3, 0.4) is 0 Å². The lowest BCUT2D eigenvalue weighted by Gasteiger charge is -2.23. The lowest BCUT2D eigenvalue weighted by atomic mass is 9.89. The van der Waals surface area contributed by atoms with Crippen LogP contribution in [0.15, 0.2) is 0 Å². The fourth-order valence-electron chi connectivity index (χ4n) is 1.82. The van der Waals surface area contributed by atoms with E-state index in [0.717, 1.165) is 0 Å². The topological polar surface area (TPSA) is 83.2 Å². The first-order chi connectivity index (χ1) is 7.99. The summed E-state index contributed by atoms with van der Waals surface area (Å²) in [7, 11) is 3.02. The average Bonchev–Trinajstić information content (AvgIpc) is 2.27. The SMILES string of the molecule is COc1nc(OC)nc(C(C(C)C)C(C)N)n1. The molecule has 17 heavy (non-hydrogen) atoms. The lowest BCUT2D eigenvalue weighted by Crippen LogP contribution is -2.30. The van der Waals surface area contributed by atoms with Crippen molar-refractivity contribution in [2.45, 2.75) is 32.7 Å². The largest absolute Gasteiger partial charge is 0.467 e. The third-order valence-corrected chi connectivity index (χ3v) is 2.56. The van der Waals surface area contributed by atoms with Crippen molar-refractivity contribution in [3.63, 3.8) is 0 Å². The molecule has 1 aromatic rings. The molecule has 96 valence electrons. The molecule has 0 saturated carbocycles. The van der Waals surface area contributed by atoms with Gasteiger partial charge < -0.3 is 15.2 Å². The molecule has 2 unspecified atom stereocenters. The smallest absolute Gasteiger partial charge is 0.322 e. The summed E-state index contributed by atoms with van der Waals surface area (Å²) < 4.78 is 10.0. The molecule has 0 aliphatic rings. The van der Waals surface area contributed by atoms with Crippen molar-refractivity contribution in [1.29, 1.82) is 0 Å². The molecule has 1 aromatic heterocycles. The van der Waals surface area contributed by atoms with E-state index in [1.165, 1.54) is 14.2 Å². The molecular weight excluding hydrogens is 220 g/mol. The average molecular weight is 240 g/mol. The van der Waals surface area contributed by atoms with Gasteiger partial charge >= 0.3 is 12.0 Å². The van der Waals surface area contributed by atoms with Crippen molar-refractivity contribution in [3.05, 3.63) is 5.82 Å². The third-order valence-electron chi connectivity index (χ3n) is 2.56. The first-order valence-corrected chi connectivity index (χ1v) is 5.59. The maximum Gasteiger partial charge on any atom is 0.322 e. The molecule has 0 bridgehead atoms. The molecule has 0 fully saturated rings. The number of nitrogens with zero attached hydrogens (tertiary/aromatic N) is 3. The Morgan fingerprint density at radius 2 is 1.41 bits per heavy atom. The Balaban J connectivity index is 3.17. The molecule has 0 aromatic carbocycles. The number of hydrogen-bond acceptors (Lipinski definition) is 6. The van der Waals surface area contributed by atoms with Crippen molar-refractivity contribution >= 4 is 0 Å². The van der Waals surface area contributed by atoms with Gasteiger partial charge in [0.1, 0.15) is 5.82 Å². The predicted molar refractivity (Wildman–Crippen MR) is 64.2 cm³/mol. The Labute approximate surface area is 102 Å². The van der Waals surface area contributed by atoms with Crippen LogP contribution in [0.4, 0.5) is 0 Å². The molecule has 0 aliphatic heterocycles. The Morgan fingerprint density at radius 3 is 1.71 bits per heavy atom. The van der Waals surface area contributed by atoms with Crippen LogP contribution >= 0.6 is 0 Å². The van der Waals surface area contributed by atoms with E-state index in [1.807, 2.05) is 6.92 Å². The number of rotatable bonds is 5. The highest BCUT2D eigenvalue weighted by atomic mass is 16.5. The summed E-state index contributed by atoms with van der Waals surface area (Å²) in [4.78, 5) is 12.4. The van der Waals surface area contributed by atoms with Crippen molar-refractivity contribution < 1.29 is 9.47 Å². The quantitative estimate of drug-likeness (QED) is 0.825. The van der Waals surface area contributed by atoms with E-state index in [2.05, 4.69) is 28.8 Å². The van der Waals surface area contributed by atoms with Crippen LogP contribution in [0, 0.1) is 5.92 Å². The van der Waals surface area contributed by atoms with Crippen LogP contribution in [-0.2, 0) is 0 Å². The normalized spacial score (nSPS) is 14.5. The number of nitrogens with two attached hydrogens (primary N) is 1. The Morgan fingerprint density at radius 1 is 0.941 bits per heavy atom. The summed E-state index contributed by atoms with van der Waals surface area (Å²) in [6, 6.07) is 0.447. The van der Waals surface area contributed by atoms with Gasteiger partial charge in [0.25, 0.3) is 0 Å². The van der Waals surface area contributed by atoms with Gasteiger partial charge in [-0.2, -0.15) is 9.97 Å². The first kappa shape index (κ1) is 13.6. The maximum atomic E-state index is 5.97. The Kier molecular flexibility index (Phi) is 4.62. The van der Waals surface area contributed by atoms with Gasteiger partial charge in [0, 0.05) is 12.0 Å². The third kappa shape index (κ3) is 3.26. The minimum absolute atomic E-state index is 0.0424. The summed E-state index contributed by atoms with van der Waals surface area (Å²) in [6.45, 7) is 6.10. The van der Waals surface area contributed by atoms with Crippen LogP contribution in [0.1, 0.15) is 32.5 Å². The van der Waals surface area contributed by atoms with Crippen LogP contribution in [0.5, 0.6) is 12.0 Å². The summed E-state index contributed by atoms with van der Waals surface area (Å²) in [5.74, 6) is 0.978. The van der Waals surface area contributed by atoms with E-state index >= 15 is 0 Å². The molecule has 0 aliphatic carbocycles. The second-order valence-corrected chi connectivity index (χ2v) is 4.30. The summed E-state index contributed by atoms with van der Waals surface area (Å²) >= 11 is 0. The van der Waals surface area contributed by atoms with Crippen LogP contribution in [-0.4, -0.2) is 35.2 Å². The molecule has 0 radical (unpaired) electrons. The molecule has 2 atom stereocenters. The summed E-state index contributed by atoms with van der Waals surface area (Å²) in [5.41, 5.74) is 5.97. The van der Waals surface area contributed by atoms with Gasteiger partial charge in [0.2, 0.25) is 0 Å². The summed E-state index contributed by atoms with van der Waals surface area (Å²) in [6.07, 6.45) is 0. The highest BCUT2D eigenvalue weighted by Crippen LogP contribution is 2.26. The molecule has 6 heteroatoms. The van der Waals surface area contributed by atoms with E-state index < -0.39 is 0 Å². The van der Waals surface area contributed by atoms with Crippen molar-refractivity contribution in [2.24, 2.45) is 11.7 Å². The van der Waals surface area contributed by atoms with Gasteiger partial charge in [0.05, 0.1) is 14.2 Å². The van der Waals surface area contributed by atoms with Gasteiger partial charge in [0.15, 0.2) is 0 Å². The lowest BCUT2D eigenvalue weighted by molar-refractivity contribution is 0.324. The Bertz CT molecular complexity index is 338. The zero-order valence-corrected chi connectivity index (χ0v) is 11.0. The van der Waals surface area contributed by atoms with Crippen LogP contribution in [0.2, 0.25) is 0 Å². The van der Waals surface area contributed by atoms with E-state index in [-0.39, 0.29) is 24.0 Å². The van der Waals surface area contributed by atoms with Gasteiger partial charge in [-0.25, -0.2) is 0 Å². The molecule has 2 N–H and O–H groups in total. The monoisotopic (exact) mass is 240 g/mol. The van der Waals surface area contributed by atoms with Crippen molar-refractivity contribution in [2.75, 3.05) is 14.2 Å². The number of methoxy groups -OCH3 is 2. The van der Waals surface area contributed by atoms with E-state index in [1.54, 1.807) is 0 Å². The molecule has 1 heterocycles. The molecule has 1 rings (SSSR count). The maximum absolute atomic E-state index is 5.97. The second-order valence-electron chi connectivity index (χ2n) is 4.30. The van der Waals surface area contributed by atoms with Crippen molar-refractivity contribution in [3.8, 4) is 12.0 Å². The highest BCUT2D eigenvalue weighted by Gasteiger charge is 2.24. The number of ether oxygens (including phenoxy) is 2. The Hall–Kier alpha value is -1.43. The molecule has 0 amide bonds. The molecule has 0 saturated heterocycles. The fourth-order valence-corrected chi connectivity index (χ4v) is 1.82. The van der Waals surface area contributed by atoms with Gasteiger partial charge in [-0.15, -0.1) is 4.98 Å². The highest BCUT2D eigenvalue weighted by molar-refractivity contribution is 5.11. The van der Waals surface area contributed by atoms with Gasteiger partial charge in [-0.3, -0.25) is 0 Å². The minimum Gasteiger partial charge on any atom is -0.467 e. The van der Waals surface area contributed by atoms with Gasteiger partial charge in [-0.1, -0.05) is 13.8 Å². The van der Waals surface area contributed by atoms with Gasteiger partial charge in [-0.05, 0) is 12.8 Å². The fraction of sp³-hybridized carbons (Fsp3) is 0.727. The standard InChI is InChI=1S/C11H20N4O2/c1-6(2)8(7(3)12)9-13-10(16-4)15-11(14-9)17-5/h6-8H,12H2,1-5H3. The van der Waals surface area contributed by atoms with E-state index in [0.29, 0.717) is 11.7 Å². The number of aromatic nitrogens is 3. The van der Waals surface area contributed by atoms with Crippen molar-refractivity contribution in [1.82, 2.24) is 15.0 Å². The first-order valence-electron chi connectivity index (χ1n) is 5.59.